The molecule has 1 atom stereocenters. The Morgan fingerprint density at radius 2 is 2.31 bits per heavy atom. The predicted molar refractivity (Wildman–Crippen MR) is 44.4 cm³/mol. The fourth-order valence-corrected chi connectivity index (χ4v) is 1.81. The van der Waals surface area contributed by atoms with E-state index in [0.717, 1.165) is 0 Å². The van der Waals surface area contributed by atoms with E-state index in [0.29, 0.717) is 0 Å². The number of H-pyrrole nitrogens is 1. The molecule has 7 heteroatoms. The van der Waals surface area contributed by atoms with Crippen LogP contribution in [-0.4, -0.2) is 29.5 Å². The average Bonchev–Trinajstić information content (AvgIpc) is 2.54. The van der Waals surface area contributed by atoms with Crippen molar-refractivity contribution in [2.45, 2.75) is 17.3 Å². The van der Waals surface area contributed by atoms with Crippen LogP contribution in [0.1, 0.15) is 6.92 Å². The van der Waals surface area contributed by atoms with E-state index in [2.05, 4.69) is 9.97 Å². The molecule has 1 heterocycles. The molecule has 0 saturated heterocycles. The van der Waals surface area contributed by atoms with Crippen molar-refractivity contribution in [3.05, 3.63) is 12.4 Å². The molecule has 0 aliphatic heterocycles. The van der Waals surface area contributed by atoms with Gasteiger partial charge in [-0.25, -0.2) is 13.4 Å². The maximum Gasteiger partial charge on any atom is 0.235 e. The van der Waals surface area contributed by atoms with Crippen molar-refractivity contribution in [2.24, 2.45) is 5.73 Å². The van der Waals surface area contributed by atoms with Gasteiger partial charge in [0.15, 0.2) is 0 Å². The van der Waals surface area contributed by atoms with Gasteiger partial charge in [0.2, 0.25) is 20.9 Å². The van der Waals surface area contributed by atoms with Crippen LogP contribution in [0.4, 0.5) is 0 Å². The van der Waals surface area contributed by atoms with E-state index < -0.39 is 21.0 Å². The topological polar surface area (TPSA) is 106 Å². The first kappa shape index (κ1) is 9.72. The number of hydrogen-bond acceptors (Lipinski definition) is 4. The Balaban J connectivity index is 3.11. The molecule has 0 spiro atoms. The quantitative estimate of drug-likeness (QED) is 0.661. The van der Waals surface area contributed by atoms with Gasteiger partial charge in [-0.15, -0.1) is 0 Å². The van der Waals surface area contributed by atoms with E-state index in [9.17, 15) is 13.2 Å². The van der Waals surface area contributed by atoms with Gasteiger partial charge in [0.1, 0.15) is 5.25 Å². The number of nitrogens with one attached hydrogen (secondary N) is 1. The monoisotopic (exact) mass is 203 g/mol. The van der Waals surface area contributed by atoms with Gasteiger partial charge in [0, 0.05) is 12.4 Å². The number of carbonyl (C=O) groups is 1. The molecule has 72 valence electrons. The van der Waals surface area contributed by atoms with Crippen LogP contribution >= 0.6 is 0 Å². The lowest BCUT2D eigenvalue weighted by Gasteiger charge is -2.05. The highest BCUT2D eigenvalue weighted by molar-refractivity contribution is 7.92. The van der Waals surface area contributed by atoms with E-state index in [1.165, 1.54) is 19.3 Å². The summed E-state index contributed by atoms with van der Waals surface area (Å²) < 4.78 is 22.9. The lowest BCUT2D eigenvalue weighted by molar-refractivity contribution is -0.117. The maximum atomic E-state index is 11.4. The van der Waals surface area contributed by atoms with Gasteiger partial charge in [-0.05, 0) is 6.92 Å². The molecule has 13 heavy (non-hydrogen) atoms. The highest BCUT2D eigenvalue weighted by Crippen LogP contribution is 2.09. The molecular formula is C6H9N3O3S. The fourth-order valence-electron chi connectivity index (χ4n) is 0.727. The number of nitrogens with two attached hydrogens (primary N) is 1. The Kier molecular flexibility index (Phi) is 2.37. The Hall–Kier alpha value is -1.37. The minimum absolute atomic E-state index is 0.237. The molecule has 6 nitrogen and oxygen atoms in total. The summed E-state index contributed by atoms with van der Waals surface area (Å²) in [4.78, 5) is 16.6. The molecule has 0 fully saturated rings. The van der Waals surface area contributed by atoms with Gasteiger partial charge < -0.3 is 10.7 Å². The summed E-state index contributed by atoms with van der Waals surface area (Å²) in [7, 11) is -3.74. The van der Waals surface area contributed by atoms with Gasteiger partial charge in [-0.1, -0.05) is 0 Å². The largest absolute Gasteiger partial charge is 0.369 e. The fraction of sp³-hybridized carbons (Fsp3) is 0.333. The van der Waals surface area contributed by atoms with Gasteiger partial charge in [-0.2, -0.15) is 0 Å². The minimum Gasteiger partial charge on any atom is -0.369 e. The zero-order valence-electron chi connectivity index (χ0n) is 6.89. The summed E-state index contributed by atoms with van der Waals surface area (Å²) in [5.74, 6) is -0.892. The highest BCUT2D eigenvalue weighted by atomic mass is 32.2. The third kappa shape index (κ3) is 1.69. The number of imidazole rings is 1. The van der Waals surface area contributed by atoms with Gasteiger partial charge in [-0.3, -0.25) is 4.79 Å². The van der Waals surface area contributed by atoms with Crippen molar-refractivity contribution >= 4 is 15.7 Å². The van der Waals surface area contributed by atoms with E-state index in [1.807, 2.05) is 0 Å². The van der Waals surface area contributed by atoms with Crippen molar-refractivity contribution in [3.8, 4) is 0 Å². The number of nitrogens with zero attached hydrogens (tertiary/aromatic N) is 1. The molecule has 0 aromatic carbocycles. The Morgan fingerprint density at radius 1 is 1.69 bits per heavy atom. The van der Waals surface area contributed by atoms with E-state index in [4.69, 9.17) is 5.73 Å². The minimum atomic E-state index is -3.74. The molecule has 1 unspecified atom stereocenters. The number of primary amides is 1. The first-order valence-corrected chi connectivity index (χ1v) is 5.03. The SMILES string of the molecule is CC(C(N)=O)S(=O)(=O)c1ncc[nH]1. The molecule has 1 rings (SSSR count). The second-order valence-corrected chi connectivity index (χ2v) is 4.67. The van der Waals surface area contributed by atoms with Crippen LogP contribution in [0.5, 0.6) is 0 Å². The maximum absolute atomic E-state index is 11.4. The van der Waals surface area contributed by atoms with Crippen LogP contribution in [-0.2, 0) is 14.6 Å². The smallest absolute Gasteiger partial charge is 0.235 e. The van der Waals surface area contributed by atoms with Crippen LogP contribution < -0.4 is 5.73 Å². The second-order valence-electron chi connectivity index (χ2n) is 2.48. The van der Waals surface area contributed by atoms with Crippen molar-refractivity contribution in [3.63, 3.8) is 0 Å². The molecule has 0 bridgehead atoms. The zero-order chi connectivity index (χ0) is 10.1. The summed E-state index contributed by atoms with van der Waals surface area (Å²) in [5, 5.41) is -1.50. The van der Waals surface area contributed by atoms with Crippen molar-refractivity contribution in [1.29, 1.82) is 0 Å². The van der Waals surface area contributed by atoms with Crippen LogP contribution in [0.25, 0.3) is 0 Å². The first-order chi connectivity index (χ1) is 5.96. The molecule has 0 radical (unpaired) electrons. The normalized spacial score (nSPS) is 13.9. The molecular weight excluding hydrogens is 194 g/mol. The van der Waals surface area contributed by atoms with Gasteiger partial charge in [0.25, 0.3) is 0 Å². The number of aromatic nitrogens is 2. The highest BCUT2D eigenvalue weighted by Gasteiger charge is 2.29. The molecule has 1 amide bonds. The van der Waals surface area contributed by atoms with E-state index in [1.54, 1.807) is 0 Å². The van der Waals surface area contributed by atoms with Crippen LogP contribution in [0.3, 0.4) is 0 Å². The summed E-state index contributed by atoms with van der Waals surface area (Å²) >= 11 is 0. The average molecular weight is 203 g/mol. The number of aromatic amines is 1. The Labute approximate surface area is 75.1 Å². The zero-order valence-corrected chi connectivity index (χ0v) is 7.71. The van der Waals surface area contributed by atoms with Gasteiger partial charge >= 0.3 is 0 Å². The molecule has 0 aliphatic rings. The summed E-state index contributed by atoms with van der Waals surface area (Å²) in [6, 6.07) is 0. The van der Waals surface area contributed by atoms with E-state index in [-0.39, 0.29) is 5.16 Å². The lowest BCUT2D eigenvalue weighted by atomic mass is 10.5. The molecule has 3 N–H and O–H groups in total. The molecule has 0 aliphatic carbocycles. The number of sulfone groups is 1. The lowest BCUT2D eigenvalue weighted by Crippen LogP contribution is -2.33. The van der Waals surface area contributed by atoms with E-state index >= 15 is 0 Å². The third-order valence-electron chi connectivity index (χ3n) is 1.61. The first-order valence-electron chi connectivity index (χ1n) is 3.49. The second kappa shape index (κ2) is 3.17. The number of amides is 1. The van der Waals surface area contributed by atoms with Crippen LogP contribution in [0, 0.1) is 0 Å². The Morgan fingerprint density at radius 3 is 2.69 bits per heavy atom. The Bertz CT molecular complexity index is 395. The van der Waals surface area contributed by atoms with Crippen molar-refractivity contribution in [2.75, 3.05) is 0 Å². The summed E-state index contributed by atoms with van der Waals surface area (Å²) in [6.07, 6.45) is 2.65. The van der Waals surface area contributed by atoms with Crippen LogP contribution in [0.2, 0.25) is 0 Å². The molecule has 1 aromatic rings. The summed E-state index contributed by atoms with van der Waals surface area (Å²) in [5.41, 5.74) is 4.87. The number of rotatable bonds is 3. The van der Waals surface area contributed by atoms with Gasteiger partial charge in [0.05, 0.1) is 0 Å². The number of hydrogen-bond donors (Lipinski definition) is 2. The molecule has 0 saturated carbocycles. The summed E-state index contributed by atoms with van der Waals surface area (Å²) in [6.45, 7) is 1.22. The predicted octanol–water partition coefficient (Wildman–Crippen LogP) is -0.943. The van der Waals surface area contributed by atoms with Crippen molar-refractivity contribution in [1.82, 2.24) is 9.97 Å². The standard InChI is InChI=1S/C6H9N3O3S/c1-4(5(7)10)13(11,12)6-8-2-3-9-6/h2-4H,1H3,(H2,7,10)(H,8,9). The van der Waals surface area contributed by atoms with Crippen molar-refractivity contribution < 1.29 is 13.2 Å². The number of carbonyl (C=O) groups excluding carboxylic acids is 1. The third-order valence-corrected chi connectivity index (χ3v) is 3.53. The van der Waals surface area contributed by atoms with Crippen LogP contribution in [0.15, 0.2) is 17.6 Å². The molecule has 1 aromatic heterocycles.